The second-order valence-corrected chi connectivity index (χ2v) is 5.06. The van der Waals surface area contributed by atoms with Crippen molar-refractivity contribution in [1.82, 2.24) is 0 Å². The minimum atomic E-state index is 0.267. The molecule has 0 radical (unpaired) electrons. The highest BCUT2D eigenvalue weighted by molar-refractivity contribution is 7.11. The number of aldehydes is 1. The maximum absolute atomic E-state index is 10.6. The van der Waals surface area contributed by atoms with Gasteiger partial charge in [0, 0.05) is 10.9 Å². The van der Waals surface area contributed by atoms with Crippen LogP contribution in [0.2, 0.25) is 5.02 Å². The van der Waals surface area contributed by atoms with Gasteiger partial charge in [-0.1, -0.05) is 30.7 Å². The van der Waals surface area contributed by atoms with Crippen LogP contribution in [-0.2, 0) is 0 Å². The van der Waals surface area contributed by atoms with Gasteiger partial charge in [-0.3, -0.25) is 4.79 Å². The van der Waals surface area contributed by atoms with Gasteiger partial charge in [0.2, 0.25) is 0 Å². The van der Waals surface area contributed by atoms with Crippen LogP contribution in [0.4, 0.5) is 0 Å². The first-order chi connectivity index (χ1) is 7.70. The predicted octanol–water partition coefficient (Wildman–Crippen LogP) is 4.37. The van der Waals surface area contributed by atoms with Crippen molar-refractivity contribution in [3.05, 3.63) is 56.7 Å². The Morgan fingerprint density at radius 1 is 1.31 bits per heavy atom. The van der Waals surface area contributed by atoms with Crippen molar-refractivity contribution in [3.63, 3.8) is 0 Å². The average molecular weight is 251 g/mol. The Hall–Kier alpha value is -1.12. The SMILES string of the molecule is CC(c1cccc(Cl)c1)c1csc(C=O)c1. The fraction of sp³-hybridized carbons (Fsp3) is 0.154. The summed E-state index contributed by atoms with van der Waals surface area (Å²) in [6.07, 6.45) is 0.888. The van der Waals surface area contributed by atoms with E-state index in [0.29, 0.717) is 0 Å². The molecule has 3 heteroatoms. The number of carbonyl (C=O) groups is 1. The fourth-order valence-electron chi connectivity index (χ4n) is 1.63. The molecule has 0 spiro atoms. The van der Waals surface area contributed by atoms with Gasteiger partial charge < -0.3 is 0 Å². The maximum atomic E-state index is 10.6. The smallest absolute Gasteiger partial charge is 0.160 e. The first-order valence-corrected chi connectivity index (χ1v) is 6.25. The second-order valence-electron chi connectivity index (χ2n) is 3.68. The Labute approximate surface area is 104 Å². The minimum Gasteiger partial charge on any atom is -0.297 e. The van der Waals surface area contributed by atoms with Crippen molar-refractivity contribution in [2.75, 3.05) is 0 Å². The van der Waals surface area contributed by atoms with Crippen LogP contribution in [0.1, 0.15) is 33.6 Å². The summed E-state index contributed by atoms with van der Waals surface area (Å²) in [5.74, 6) is 0.267. The molecule has 1 unspecified atom stereocenters. The van der Waals surface area contributed by atoms with Gasteiger partial charge in [-0.15, -0.1) is 11.3 Å². The van der Waals surface area contributed by atoms with E-state index in [9.17, 15) is 4.79 Å². The van der Waals surface area contributed by atoms with E-state index < -0.39 is 0 Å². The van der Waals surface area contributed by atoms with Gasteiger partial charge in [-0.05, 0) is 34.7 Å². The summed E-state index contributed by atoms with van der Waals surface area (Å²) in [4.78, 5) is 11.4. The van der Waals surface area contributed by atoms with E-state index in [4.69, 9.17) is 11.6 Å². The van der Waals surface area contributed by atoms with Crippen LogP contribution < -0.4 is 0 Å². The molecule has 0 aliphatic rings. The van der Waals surface area contributed by atoms with Crippen LogP contribution in [0.25, 0.3) is 0 Å². The van der Waals surface area contributed by atoms with E-state index in [0.717, 1.165) is 21.7 Å². The lowest BCUT2D eigenvalue weighted by Crippen LogP contribution is -1.93. The predicted molar refractivity (Wildman–Crippen MR) is 68.7 cm³/mol. The molecule has 0 bridgehead atoms. The van der Waals surface area contributed by atoms with Gasteiger partial charge >= 0.3 is 0 Å². The quantitative estimate of drug-likeness (QED) is 0.740. The number of hydrogen-bond donors (Lipinski definition) is 0. The Balaban J connectivity index is 2.31. The summed E-state index contributed by atoms with van der Waals surface area (Å²) in [7, 11) is 0. The van der Waals surface area contributed by atoms with Crippen LogP contribution in [0.3, 0.4) is 0 Å². The Morgan fingerprint density at radius 3 is 2.75 bits per heavy atom. The van der Waals surface area contributed by atoms with Crippen molar-refractivity contribution < 1.29 is 4.79 Å². The molecule has 1 nitrogen and oxygen atoms in total. The number of rotatable bonds is 3. The summed E-state index contributed by atoms with van der Waals surface area (Å²) >= 11 is 7.43. The van der Waals surface area contributed by atoms with Gasteiger partial charge in [0.25, 0.3) is 0 Å². The second kappa shape index (κ2) is 4.81. The van der Waals surface area contributed by atoms with Crippen LogP contribution >= 0.6 is 22.9 Å². The van der Waals surface area contributed by atoms with E-state index in [1.807, 2.05) is 29.6 Å². The van der Waals surface area contributed by atoms with E-state index in [-0.39, 0.29) is 5.92 Å². The van der Waals surface area contributed by atoms with E-state index in [1.54, 1.807) is 0 Å². The van der Waals surface area contributed by atoms with Gasteiger partial charge in [-0.25, -0.2) is 0 Å². The summed E-state index contributed by atoms with van der Waals surface area (Å²) in [5, 5.41) is 2.77. The van der Waals surface area contributed by atoms with E-state index in [2.05, 4.69) is 13.0 Å². The van der Waals surface area contributed by atoms with Crippen LogP contribution in [0.15, 0.2) is 35.7 Å². The monoisotopic (exact) mass is 250 g/mol. The number of hydrogen-bond acceptors (Lipinski definition) is 2. The number of thiophene rings is 1. The molecule has 1 atom stereocenters. The lowest BCUT2D eigenvalue weighted by atomic mass is 9.95. The molecule has 0 fully saturated rings. The molecule has 1 aromatic heterocycles. The highest BCUT2D eigenvalue weighted by atomic mass is 35.5. The molecular formula is C13H11ClOS. The zero-order valence-corrected chi connectivity index (χ0v) is 10.4. The van der Waals surface area contributed by atoms with Crippen LogP contribution in [-0.4, -0.2) is 6.29 Å². The third-order valence-electron chi connectivity index (χ3n) is 2.60. The number of benzene rings is 1. The van der Waals surface area contributed by atoms with Crippen LogP contribution in [0, 0.1) is 0 Å². The molecule has 1 aromatic carbocycles. The first-order valence-electron chi connectivity index (χ1n) is 5.00. The molecule has 0 aliphatic carbocycles. The first kappa shape index (κ1) is 11.4. The largest absolute Gasteiger partial charge is 0.297 e. The van der Waals surface area contributed by atoms with Gasteiger partial charge in [0.05, 0.1) is 4.88 Å². The van der Waals surface area contributed by atoms with Crippen molar-refractivity contribution in [1.29, 1.82) is 0 Å². The van der Waals surface area contributed by atoms with E-state index in [1.165, 1.54) is 16.9 Å². The lowest BCUT2D eigenvalue weighted by molar-refractivity contribution is 0.112. The summed E-state index contributed by atoms with van der Waals surface area (Å²) in [6, 6.07) is 9.76. The Bertz CT molecular complexity index is 504. The maximum Gasteiger partial charge on any atom is 0.160 e. The molecule has 0 N–H and O–H groups in total. The molecule has 0 saturated heterocycles. The summed E-state index contributed by atoms with van der Waals surface area (Å²) in [5.41, 5.74) is 2.33. The summed E-state index contributed by atoms with van der Waals surface area (Å²) < 4.78 is 0. The molecular weight excluding hydrogens is 240 g/mol. The van der Waals surface area contributed by atoms with Gasteiger partial charge in [0.1, 0.15) is 0 Å². The van der Waals surface area contributed by atoms with Gasteiger partial charge in [-0.2, -0.15) is 0 Å². The highest BCUT2D eigenvalue weighted by Crippen LogP contribution is 2.28. The normalized spacial score (nSPS) is 12.4. The zero-order valence-electron chi connectivity index (χ0n) is 8.81. The van der Waals surface area contributed by atoms with Crippen molar-refractivity contribution in [2.45, 2.75) is 12.8 Å². The molecule has 0 amide bonds. The molecule has 2 aromatic rings. The third kappa shape index (κ3) is 2.34. The highest BCUT2D eigenvalue weighted by Gasteiger charge is 2.10. The molecule has 16 heavy (non-hydrogen) atoms. The van der Waals surface area contributed by atoms with Gasteiger partial charge in [0.15, 0.2) is 6.29 Å². The Morgan fingerprint density at radius 2 is 2.12 bits per heavy atom. The fourth-order valence-corrected chi connectivity index (χ4v) is 2.63. The minimum absolute atomic E-state index is 0.267. The van der Waals surface area contributed by atoms with Crippen LogP contribution in [0.5, 0.6) is 0 Å². The van der Waals surface area contributed by atoms with Crippen molar-refractivity contribution in [2.24, 2.45) is 0 Å². The lowest BCUT2D eigenvalue weighted by Gasteiger charge is -2.10. The summed E-state index contributed by atoms with van der Waals surface area (Å²) in [6.45, 7) is 2.11. The van der Waals surface area contributed by atoms with Crippen molar-refractivity contribution in [3.8, 4) is 0 Å². The average Bonchev–Trinajstić information content (AvgIpc) is 2.76. The number of carbonyl (C=O) groups excluding carboxylic acids is 1. The van der Waals surface area contributed by atoms with Crippen molar-refractivity contribution >= 4 is 29.2 Å². The molecule has 0 saturated carbocycles. The molecule has 1 heterocycles. The molecule has 82 valence electrons. The van der Waals surface area contributed by atoms with E-state index >= 15 is 0 Å². The number of halogens is 1. The standard InChI is InChI=1S/C13H11ClOS/c1-9(10-3-2-4-12(14)5-10)11-6-13(7-15)16-8-11/h2-9H,1H3. The molecule has 2 rings (SSSR count). The third-order valence-corrected chi connectivity index (χ3v) is 3.72. The Kier molecular flexibility index (Phi) is 3.42. The molecule has 0 aliphatic heterocycles. The zero-order chi connectivity index (χ0) is 11.5. The topological polar surface area (TPSA) is 17.1 Å².